The van der Waals surface area contributed by atoms with E-state index in [1.54, 1.807) is 12.1 Å². The Morgan fingerprint density at radius 2 is 0.889 bits per heavy atom. The Labute approximate surface area is 267 Å². The van der Waals surface area contributed by atoms with Crippen molar-refractivity contribution in [1.82, 2.24) is 0 Å². The smallest absolute Gasteiger partial charge is 0.335 e. The molecular weight excluding hydrogens is 560 g/mol. The van der Waals surface area contributed by atoms with Gasteiger partial charge >= 0.3 is 5.97 Å². The number of aldehydes is 1. The summed E-state index contributed by atoms with van der Waals surface area (Å²) < 4.78 is 12.2. The van der Waals surface area contributed by atoms with Crippen LogP contribution in [0.3, 0.4) is 0 Å². The summed E-state index contributed by atoms with van der Waals surface area (Å²) in [5, 5.41) is 8.94. The lowest BCUT2D eigenvalue weighted by Crippen LogP contribution is -2.22. The minimum Gasteiger partial charge on any atom is -0.490 e. The lowest BCUT2D eigenvalue weighted by Gasteiger charge is -2.26. The maximum atomic E-state index is 10.9. The largest absolute Gasteiger partial charge is 0.490 e. The molecule has 4 aromatic rings. The minimum absolute atomic E-state index is 0.306. The molecule has 5 heteroatoms. The number of hydrogen-bond acceptors (Lipinski definition) is 4. The minimum atomic E-state index is -0.901. The number of carboxylic acids is 1. The Morgan fingerprint density at radius 3 is 1.22 bits per heavy atom. The molecule has 4 aromatic carbocycles. The highest BCUT2D eigenvalue weighted by Gasteiger charge is 2.20. The van der Waals surface area contributed by atoms with Gasteiger partial charge in [0.1, 0.15) is 17.8 Å². The Bertz CT molecular complexity index is 1490. The van der Waals surface area contributed by atoms with Crippen molar-refractivity contribution in [2.75, 3.05) is 0 Å². The highest BCUT2D eigenvalue weighted by Crippen LogP contribution is 2.30. The first-order valence-corrected chi connectivity index (χ1v) is 16.3. The van der Waals surface area contributed by atoms with Gasteiger partial charge in [-0.1, -0.05) is 74.5 Å². The fourth-order valence-corrected chi connectivity index (χ4v) is 6.09. The molecule has 0 radical (unpaired) electrons. The zero-order chi connectivity index (χ0) is 31.6. The number of ether oxygens (including phenoxy) is 2. The van der Waals surface area contributed by atoms with Gasteiger partial charge in [0.2, 0.25) is 0 Å². The first-order chi connectivity index (χ1) is 21.9. The molecule has 0 aromatic heterocycles. The Hall–Kier alpha value is -4.38. The lowest BCUT2D eigenvalue weighted by atomic mass is 9.89. The molecule has 5 nitrogen and oxygen atoms in total. The molecule has 2 aliphatic carbocycles. The van der Waals surface area contributed by atoms with Crippen LogP contribution < -0.4 is 9.47 Å². The Morgan fingerprint density at radius 1 is 0.556 bits per heavy atom. The van der Waals surface area contributed by atoms with E-state index in [1.807, 2.05) is 72.8 Å². The van der Waals surface area contributed by atoms with E-state index in [4.69, 9.17) is 14.6 Å². The molecule has 0 aliphatic heterocycles. The standard InChI is InChI=1S/C20H22O3.C20H22O2/c1-14-2-10-18(11-3-14)23-19-12-8-16(9-13-19)15-4-6-17(7-5-15)20(21)22;1-15-2-10-19(11-3-15)22-20-12-8-18(9-13-20)17-6-4-16(14-21)5-7-17/h4-9,12-14,18H,2-3,10-11H2,1H3,(H,21,22);4-9,12-15,19H,2-3,10-11H2,1H3. The van der Waals surface area contributed by atoms with Crippen LogP contribution in [0.15, 0.2) is 97.1 Å². The van der Waals surface area contributed by atoms with Gasteiger partial charge in [0.05, 0.1) is 17.8 Å². The van der Waals surface area contributed by atoms with Gasteiger partial charge in [-0.2, -0.15) is 0 Å². The molecule has 2 saturated carbocycles. The molecule has 0 atom stereocenters. The third-order valence-electron chi connectivity index (χ3n) is 9.09. The fraction of sp³-hybridized carbons (Fsp3) is 0.350. The molecule has 1 N–H and O–H groups in total. The van der Waals surface area contributed by atoms with Crippen LogP contribution in [-0.2, 0) is 0 Å². The molecule has 0 unspecified atom stereocenters. The van der Waals surface area contributed by atoms with E-state index in [0.29, 0.717) is 23.3 Å². The number of rotatable bonds is 8. The summed E-state index contributed by atoms with van der Waals surface area (Å²) >= 11 is 0. The van der Waals surface area contributed by atoms with Crippen LogP contribution in [0.4, 0.5) is 0 Å². The molecule has 234 valence electrons. The second-order valence-corrected chi connectivity index (χ2v) is 12.7. The first-order valence-electron chi connectivity index (χ1n) is 16.3. The van der Waals surface area contributed by atoms with Crippen LogP contribution in [0.1, 0.15) is 85.9 Å². The van der Waals surface area contributed by atoms with Gasteiger partial charge in [0.25, 0.3) is 0 Å². The summed E-state index contributed by atoms with van der Waals surface area (Å²) in [6, 6.07) is 30.9. The zero-order valence-electron chi connectivity index (χ0n) is 26.4. The summed E-state index contributed by atoms with van der Waals surface area (Å²) in [5.41, 5.74) is 5.33. The maximum Gasteiger partial charge on any atom is 0.335 e. The number of carbonyl (C=O) groups is 2. The summed E-state index contributed by atoms with van der Waals surface area (Å²) in [4.78, 5) is 21.6. The molecule has 2 fully saturated rings. The van der Waals surface area contributed by atoms with Crippen molar-refractivity contribution >= 4 is 12.3 Å². The number of benzene rings is 4. The fourth-order valence-electron chi connectivity index (χ4n) is 6.09. The molecule has 0 heterocycles. The van der Waals surface area contributed by atoms with Crippen LogP contribution in [0.25, 0.3) is 22.3 Å². The summed E-state index contributed by atoms with van der Waals surface area (Å²) in [5.74, 6) is 2.63. The molecule has 2 aliphatic rings. The average Bonchev–Trinajstić information content (AvgIpc) is 3.08. The monoisotopic (exact) mass is 604 g/mol. The van der Waals surface area contributed by atoms with E-state index in [2.05, 4.69) is 26.0 Å². The van der Waals surface area contributed by atoms with Crippen molar-refractivity contribution in [1.29, 1.82) is 0 Å². The summed E-state index contributed by atoms with van der Waals surface area (Å²) in [6.07, 6.45) is 11.2. The number of carboxylic acid groups (broad SMARTS) is 1. The Balaban J connectivity index is 0.000000178. The number of carbonyl (C=O) groups excluding carboxylic acids is 1. The van der Waals surface area contributed by atoms with Crippen LogP contribution in [0.5, 0.6) is 11.5 Å². The van der Waals surface area contributed by atoms with Crippen molar-refractivity contribution < 1.29 is 24.2 Å². The average molecular weight is 605 g/mol. The summed E-state index contributed by atoms with van der Waals surface area (Å²) in [7, 11) is 0. The van der Waals surface area contributed by atoms with E-state index in [0.717, 1.165) is 77.6 Å². The van der Waals surface area contributed by atoms with Crippen LogP contribution in [0, 0.1) is 11.8 Å². The normalized spacial score (nSPS) is 21.1. The van der Waals surface area contributed by atoms with Gasteiger partial charge in [-0.25, -0.2) is 4.79 Å². The van der Waals surface area contributed by atoms with E-state index in [1.165, 1.54) is 25.7 Å². The predicted octanol–water partition coefficient (Wildman–Crippen LogP) is 10.1. The second kappa shape index (κ2) is 15.6. The molecule has 0 amide bonds. The SMILES string of the molecule is CC1CCC(Oc2ccc(-c3ccc(C(=O)O)cc3)cc2)CC1.CC1CCC(Oc2ccc(-c3ccc(C=O)cc3)cc2)CC1. The summed E-state index contributed by atoms with van der Waals surface area (Å²) in [6.45, 7) is 4.63. The molecule has 0 bridgehead atoms. The number of aromatic carboxylic acids is 1. The third-order valence-corrected chi connectivity index (χ3v) is 9.09. The van der Waals surface area contributed by atoms with Crippen molar-refractivity contribution in [2.45, 2.75) is 77.4 Å². The zero-order valence-corrected chi connectivity index (χ0v) is 26.4. The van der Waals surface area contributed by atoms with Crippen LogP contribution in [-0.4, -0.2) is 29.6 Å². The van der Waals surface area contributed by atoms with E-state index in [9.17, 15) is 9.59 Å². The van der Waals surface area contributed by atoms with Gasteiger partial charge in [-0.3, -0.25) is 4.79 Å². The molecular formula is C40H44O5. The van der Waals surface area contributed by atoms with E-state index in [-0.39, 0.29) is 0 Å². The van der Waals surface area contributed by atoms with Crippen LogP contribution >= 0.6 is 0 Å². The highest BCUT2D eigenvalue weighted by atomic mass is 16.5. The van der Waals surface area contributed by atoms with Gasteiger partial charge in [-0.05, 0) is 122 Å². The van der Waals surface area contributed by atoms with Gasteiger partial charge < -0.3 is 14.6 Å². The van der Waals surface area contributed by atoms with Crippen molar-refractivity contribution in [2.24, 2.45) is 11.8 Å². The number of hydrogen-bond donors (Lipinski definition) is 1. The third kappa shape index (κ3) is 9.31. The van der Waals surface area contributed by atoms with Crippen molar-refractivity contribution in [3.8, 4) is 33.8 Å². The molecule has 45 heavy (non-hydrogen) atoms. The quantitative estimate of drug-likeness (QED) is 0.203. The van der Waals surface area contributed by atoms with Gasteiger partial charge in [0, 0.05) is 5.56 Å². The molecule has 0 saturated heterocycles. The predicted molar refractivity (Wildman–Crippen MR) is 180 cm³/mol. The molecule has 0 spiro atoms. The first kappa shape index (κ1) is 32.0. The topological polar surface area (TPSA) is 72.8 Å². The van der Waals surface area contributed by atoms with E-state index < -0.39 is 5.97 Å². The van der Waals surface area contributed by atoms with Crippen LogP contribution in [0.2, 0.25) is 0 Å². The Kier molecular flexibility index (Phi) is 11.1. The van der Waals surface area contributed by atoms with E-state index >= 15 is 0 Å². The van der Waals surface area contributed by atoms with Crippen molar-refractivity contribution in [3.05, 3.63) is 108 Å². The van der Waals surface area contributed by atoms with Gasteiger partial charge in [0.15, 0.2) is 0 Å². The van der Waals surface area contributed by atoms with Gasteiger partial charge in [-0.15, -0.1) is 0 Å². The molecule has 6 rings (SSSR count). The highest BCUT2D eigenvalue weighted by molar-refractivity contribution is 5.88. The second-order valence-electron chi connectivity index (χ2n) is 12.7. The lowest BCUT2D eigenvalue weighted by molar-refractivity contribution is 0.0696. The maximum absolute atomic E-state index is 10.9. The van der Waals surface area contributed by atoms with Crippen molar-refractivity contribution in [3.63, 3.8) is 0 Å².